The van der Waals surface area contributed by atoms with E-state index in [2.05, 4.69) is 28.9 Å². The van der Waals surface area contributed by atoms with Gasteiger partial charge in [0.15, 0.2) is 0 Å². The Bertz CT molecular complexity index is 507. The third-order valence-electron chi connectivity index (χ3n) is 3.96. The highest BCUT2D eigenvalue weighted by molar-refractivity contribution is 5.94. The van der Waals surface area contributed by atoms with E-state index in [0.717, 1.165) is 44.3 Å². The van der Waals surface area contributed by atoms with Crippen LogP contribution in [0.15, 0.2) is 30.4 Å². The summed E-state index contributed by atoms with van der Waals surface area (Å²) in [6.07, 6.45) is 8.48. The molecule has 1 aromatic rings. The first-order valence-electron chi connectivity index (χ1n) is 7.11. The first-order valence-corrected chi connectivity index (χ1v) is 7.11. The van der Waals surface area contributed by atoms with Crippen molar-refractivity contribution in [3.05, 3.63) is 47.0 Å². The average Bonchev–Trinajstić information content (AvgIpc) is 2.48. The number of benzene rings is 1. The quantitative estimate of drug-likeness (QED) is 0.796. The highest BCUT2D eigenvalue weighted by atomic mass is 16.1. The number of fused-ring (bicyclic) bond motifs is 1. The maximum Gasteiger partial charge on any atom is 0.251 e. The van der Waals surface area contributed by atoms with E-state index in [-0.39, 0.29) is 5.91 Å². The zero-order valence-electron chi connectivity index (χ0n) is 11.1. The van der Waals surface area contributed by atoms with Crippen molar-refractivity contribution in [1.29, 1.82) is 0 Å². The molecule has 0 saturated carbocycles. The minimum absolute atomic E-state index is 0.0636. The molecule has 1 heterocycles. The number of rotatable bonds is 2. The summed E-state index contributed by atoms with van der Waals surface area (Å²) in [4.78, 5) is 12.2. The molecule has 2 aliphatic rings. The third-order valence-corrected chi connectivity index (χ3v) is 3.96. The summed E-state index contributed by atoms with van der Waals surface area (Å²) in [5.41, 5.74) is 3.43. The van der Waals surface area contributed by atoms with Gasteiger partial charge < -0.3 is 10.6 Å². The monoisotopic (exact) mass is 256 g/mol. The Morgan fingerprint density at radius 1 is 1.26 bits per heavy atom. The van der Waals surface area contributed by atoms with Crippen LogP contribution in [0.4, 0.5) is 0 Å². The number of carbonyl (C=O) groups is 1. The van der Waals surface area contributed by atoms with Gasteiger partial charge in [-0.15, -0.1) is 0 Å². The lowest BCUT2D eigenvalue weighted by atomic mass is 9.97. The van der Waals surface area contributed by atoms with Crippen LogP contribution < -0.4 is 10.6 Å². The second kappa shape index (κ2) is 5.57. The maximum absolute atomic E-state index is 12.2. The zero-order chi connectivity index (χ0) is 13.1. The van der Waals surface area contributed by atoms with Crippen molar-refractivity contribution in [2.24, 2.45) is 0 Å². The van der Waals surface area contributed by atoms with Gasteiger partial charge >= 0.3 is 0 Å². The lowest BCUT2D eigenvalue weighted by Crippen LogP contribution is -2.35. The molecule has 1 amide bonds. The van der Waals surface area contributed by atoms with Crippen LogP contribution in [0.3, 0.4) is 0 Å². The van der Waals surface area contributed by atoms with Crippen LogP contribution in [0.5, 0.6) is 0 Å². The molecule has 0 spiro atoms. The van der Waals surface area contributed by atoms with E-state index in [4.69, 9.17) is 0 Å². The van der Waals surface area contributed by atoms with Gasteiger partial charge in [-0.2, -0.15) is 0 Å². The Morgan fingerprint density at radius 3 is 3.05 bits per heavy atom. The summed E-state index contributed by atoms with van der Waals surface area (Å²) in [6.45, 7) is 1.91. The molecule has 3 heteroatoms. The zero-order valence-corrected chi connectivity index (χ0v) is 11.1. The number of hydrogen-bond donors (Lipinski definition) is 2. The van der Waals surface area contributed by atoms with E-state index in [1.54, 1.807) is 0 Å². The molecular formula is C16H20N2O. The smallest absolute Gasteiger partial charge is 0.251 e. The molecule has 1 aromatic carbocycles. The minimum atomic E-state index is 0.0636. The lowest BCUT2D eigenvalue weighted by molar-refractivity contribution is 0.0934. The van der Waals surface area contributed by atoms with E-state index >= 15 is 0 Å². The molecule has 0 radical (unpaired) electrons. The number of carbonyl (C=O) groups excluding carboxylic acids is 1. The number of allylic oxidation sites excluding steroid dienone is 1. The highest BCUT2D eigenvalue weighted by Crippen LogP contribution is 2.17. The standard InChI is InChI=1S/C16H20N2O/c19-16(18-15-4-2-1-3-5-15)13-7-6-12-8-9-17-11-14(12)10-13/h1-2,6-7,10,15,17H,3-5,8-9,11H2,(H,18,19). The van der Waals surface area contributed by atoms with E-state index in [1.807, 2.05) is 12.1 Å². The molecule has 1 atom stereocenters. The minimum Gasteiger partial charge on any atom is -0.349 e. The summed E-state index contributed by atoms with van der Waals surface area (Å²) in [5, 5.41) is 6.48. The molecule has 3 nitrogen and oxygen atoms in total. The molecule has 1 aliphatic carbocycles. The largest absolute Gasteiger partial charge is 0.349 e. The summed E-state index contributed by atoms with van der Waals surface area (Å²) in [7, 11) is 0. The molecule has 0 aromatic heterocycles. The molecule has 1 aliphatic heterocycles. The van der Waals surface area contributed by atoms with Crippen molar-refractivity contribution in [3.8, 4) is 0 Å². The predicted octanol–water partition coefficient (Wildman–Crippen LogP) is 2.17. The van der Waals surface area contributed by atoms with Crippen molar-refractivity contribution in [2.45, 2.75) is 38.3 Å². The highest BCUT2D eigenvalue weighted by Gasteiger charge is 2.16. The van der Waals surface area contributed by atoms with E-state index in [9.17, 15) is 4.79 Å². The van der Waals surface area contributed by atoms with Gasteiger partial charge in [0.25, 0.3) is 5.91 Å². The molecule has 100 valence electrons. The van der Waals surface area contributed by atoms with Crippen LogP contribution in [0.25, 0.3) is 0 Å². The average molecular weight is 256 g/mol. The van der Waals surface area contributed by atoms with Crippen molar-refractivity contribution >= 4 is 5.91 Å². The molecular weight excluding hydrogens is 236 g/mol. The molecule has 0 fully saturated rings. The Morgan fingerprint density at radius 2 is 2.21 bits per heavy atom. The van der Waals surface area contributed by atoms with Crippen molar-refractivity contribution < 1.29 is 4.79 Å². The van der Waals surface area contributed by atoms with Crippen molar-refractivity contribution in [1.82, 2.24) is 10.6 Å². The maximum atomic E-state index is 12.2. The fraction of sp³-hybridized carbons (Fsp3) is 0.438. The van der Waals surface area contributed by atoms with Crippen LogP contribution in [0.2, 0.25) is 0 Å². The molecule has 0 bridgehead atoms. The second-order valence-corrected chi connectivity index (χ2v) is 5.37. The van der Waals surface area contributed by atoms with Crippen LogP contribution >= 0.6 is 0 Å². The topological polar surface area (TPSA) is 41.1 Å². The van der Waals surface area contributed by atoms with Gasteiger partial charge in [-0.3, -0.25) is 4.79 Å². The third kappa shape index (κ3) is 2.87. The number of amides is 1. The molecule has 0 saturated heterocycles. The summed E-state index contributed by atoms with van der Waals surface area (Å²) >= 11 is 0. The van der Waals surface area contributed by atoms with Gasteiger partial charge in [0.2, 0.25) is 0 Å². The van der Waals surface area contributed by atoms with Crippen molar-refractivity contribution in [2.75, 3.05) is 6.54 Å². The van der Waals surface area contributed by atoms with Gasteiger partial charge in [0, 0.05) is 18.2 Å². The van der Waals surface area contributed by atoms with E-state index in [0.29, 0.717) is 6.04 Å². The Hall–Kier alpha value is -1.61. The van der Waals surface area contributed by atoms with Gasteiger partial charge in [-0.25, -0.2) is 0 Å². The van der Waals surface area contributed by atoms with E-state index in [1.165, 1.54) is 11.1 Å². The van der Waals surface area contributed by atoms with Crippen LogP contribution in [0, 0.1) is 0 Å². The first-order chi connectivity index (χ1) is 9.33. The lowest BCUT2D eigenvalue weighted by Gasteiger charge is -2.21. The Balaban J connectivity index is 1.70. The SMILES string of the molecule is O=C(NC1CC=CCC1)c1ccc2c(c1)CNCC2. The molecule has 3 rings (SSSR count). The molecule has 1 unspecified atom stereocenters. The van der Waals surface area contributed by atoms with Gasteiger partial charge in [-0.05, 0) is 55.5 Å². The number of nitrogens with one attached hydrogen (secondary N) is 2. The van der Waals surface area contributed by atoms with Crippen LogP contribution in [0.1, 0.15) is 40.7 Å². The predicted molar refractivity (Wildman–Crippen MR) is 76.1 cm³/mol. The summed E-state index contributed by atoms with van der Waals surface area (Å²) in [6, 6.07) is 6.39. The summed E-state index contributed by atoms with van der Waals surface area (Å²) in [5.74, 6) is 0.0636. The fourth-order valence-corrected chi connectivity index (χ4v) is 2.82. The van der Waals surface area contributed by atoms with E-state index < -0.39 is 0 Å². The van der Waals surface area contributed by atoms with Crippen LogP contribution in [-0.2, 0) is 13.0 Å². The normalized spacial score (nSPS) is 21.8. The Labute approximate surface area is 114 Å². The fourth-order valence-electron chi connectivity index (χ4n) is 2.82. The van der Waals surface area contributed by atoms with Crippen molar-refractivity contribution in [3.63, 3.8) is 0 Å². The molecule has 2 N–H and O–H groups in total. The second-order valence-electron chi connectivity index (χ2n) is 5.37. The first kappa shape index (κ1) is 12.4. The number of hydrogen-bond acceptors (Lipinski definition) is 2. The van der Waals surface area contributed by atoms with Gasteiger partial charge in [0.1, 0.15) is 0 Å². The molecule has 19 heavy (non-hydrogen) atoms. The van der Waals surface area contributed by atoms with Gasteiger partial charge in [-0.1, -0.05) is 18.2 Å². The van der Waals surface area contributed by atoms with Crippen LogP contribution in [-0.4, -0.2) is 18.5 Å². The Kier molecular flexibility index (Phi) is 3.65. The summed E-state index contributed by atoms with van der Waals surface area (Å²) < 4.78 is 0. The van der Waals surface area contributed by atoms with Gasteiger partial charge in [0.05, 0.1) is 0 Å².